The standard InChI is InChI=1S/C12H19F3N2O4/c1-3-21-8-4-6-17(7-5-8)10(20)16-11(2,9(18)19)12(13,14)15/h8H,3-7H2,1-2H3,(H,16,20)(H,18,19). The maximum atomic E-state index is 12.8. The first-order chi connectivity index (χ1) is 9.61. The summed E-state index contributed by atoms with van der Waals surface area (Å²) >= 11 is 0. The molecule has 0 spiro atoms. The molecule has 1 rings (SSSR count). The van der Waals surface area contributed by atoms with Crippen LogP contribution < -0.4 is 5.32 Å². The van der Waals surface area contributed by atoms with Gasteiger partial charge in [-0.2, -0.15) is 13.2 Å². The topological polar surface area (TPSA) is 78.9 Å². The van der Waals surface area contributed by atoms with E-state index < -0.39 is 23.7 Å². The Morgan fingerprint density at radius 3 is 2.24 bits per heavy atom. The number of ether oxygens (including phenoxy) is 1. The van der Waals surface area contributed by atoms with Gasteiger partial charge in [-0.3, -0.25) is 0 Å². The molecular weight excluding hydrogens is 293 g/mol. The zero-order chi connectivity index (χ0) is 16.3. The maximum Gasteiger partial charge on any atom is 0.422 e. The van der Waals surface area contributed by atoms with Crippen molar-refractivity contribution in [1.29, 1.82) is 0 Å². The van der Waals surface area contributed by atoms with Crippen molar-refractivity contribution in [3.63, 3.8) is 0 Å². The van der Waals surface area contributed by atoms with Crippen LogP contribution >= 0.6 is 0 Å². The number of carbonyl (C=O) groups is 2. The van der Waals surface area contributed by atoms with E-state index in [2.05, 4.69) is 0 Å². The summed E-state index contributed by atoms with van der Waals surface area (Å²) in [6, 6.07) is -1.04. The summed E-state index contributed by atoms with van der Waals surface area (Å²) in [5.74, 6) is -2.15. The Hall–Kier alpha value is -1.51. The Balaban J connectivity index is 2.66. The lowest BCUT2D eigenvalue weighted by Crippen LogP contribution is -2.64. The minimum Gasteiger partial charge on any atom is -0.479 e. The molecule has 1 heterocycles. The van der Waals surface area contributed by atoms with E-state index in [1.165, 1.54) is 4.90 Å². The second kappa shape index (κ2) is 6.50. The van der Waals surface area contributed by atoms with E-state index in [1.54, 1.807) is 5.32 Å². The third-order valence-corrected chi connectivity index (χ3v) is 3.48. The molecule has 0 aliphatic carbocycles. The number of aliphatic carboxylic acids is 1. The predicted octanol–water partition coefficient (Wildman–Crippen LogP) is 1.60. The van der Waals surface area contributed by atoms with Crippen LogP contribution in [0.25, 0.3) is 0 Å². The van der Waals surface area contributed by atoms with Gasteiger partial charge in [-0.1, -0.05) is 0 Å². The molecule has 0 aromatic carbocycles. The first kappa shape index (κ1) is 17.5. The molecule has 0 aromatic heterocycles. The molecule has 1 aliphatic heterocycles. The Morgan fingerprint density at radius 1 is 1.33 bits per heavy atom. The smallest absolute Gasteiger partial charge is 0.422 e. The fourth-order valence-electron chi connectivity index (χ4n) is 2.00. The first-order valence-electron chi connectivity index (χ1n) is 6.60. The maximum absolute atomic E-state index is 12.8. The normalized spacial score (nSPS) is 20.0. The van der Waals surface area contributed by atoms with Gasteiger partial charge >= 0.3 is 18.2 Å². The van der Waals surface area contributed by atoms with E-state index >= 15 is 0 Å². The molecule has 0 aromatic rings. The molecule has 6 nitrogen and oxygen atoms in total. The molecule has 0 bridgehead atoms. The number of amides is 2. The molecule has 1 atom stereocenters. The van der Waals surface area contributed by atoms with Crippen molar-refractivity contribution in [1.82, 2.24) is 10.2 Å². The number of rotatable bonds is 4. The van der Waals surface area contributed by atoms with Crippen molar-refractivity contribution in [2.45, 2.75) is 44.5 Å². The molecule has 0 saturated carbocycles. The second-order valence-corrected chi connectivity index (χ2v) is 5.00. The molecular formula is C12H19F3N2O4. The first-order valence-corrected chi connectivity index (χ1v) is 6.60. The molecule has 21 heavy (non-hydrogen) atoms. The molecule has 2 amide bonds. The van der Waals surface area contributed by atoms with Crippen LogP contribution in [0, 0.1) is 0 Å². The van der Waals surface area contributed by atoms with Gasteiger partial charge in [0.05, 0.1) is 6.10 Å². The number of nitrogens with one attached hydrogen (secondary N) is 1. The van der Waals surface area contributed by atoms with Gasteiger partial charge in [-0.05, 0) is 26.7 Å². The summed E-state index contributed by atoms with van der Waals surface area (Å²) in [5.41, 5.74) is -3.30. The van der Waals surface area contributed by atoms with Gasteiger partial charge in [0, 0.05) is 19.7 Å². The van der Waals surface area contributed by atoms with Gasteiger partial charge in [0.25, 0.3) is 0 Å². The van der Waals surface area contributed by atoms with Crippen LogP contribution in [0.4, 0.5) is 18.0 Å². The van der Waals surface area contributed by atoms with E-state index in [4.69, 9.17) is 9.84 Å². The zero-order valence-electron chi connectivity index (χ0n) is 11.9. The largest absolute Gasteiger partial charge is 0.479 e. The highest BCUT2D eigenvalue weighted by Crippen LogP contribution is 2.30. The quantitative estimate of drug-likeness (QED) is 0.826. The number of carbonyl (C=O) groups excluding carboxylic acids is 1. The average Bonchev–Trinajstić information content (AvgIpc) is 2.38. The van der Waals surface area contributed by atoms with Crippen molar-refractivity contribution in [2.24, 2.45) is 0 Å². The van der Waals surface area contributed by atoms with Gasteiger partial charge in [0.2, 0.25) is 5.54 Å². The summed E-state index contributed by atoms with van der Waals surface area (Å²) < 4.78 is 43.8. The highest BCUT2D eigenvalue weighted by atomic mass is 19.4. The summed E-state index contributed by atoms with van der Waals surface area (Å²) in [5, 5.41) is 10.3. The lowest BCUT2D eigenvalue weighted by Gasteiger charge is -2.35. The molecule has 0 radical (unpaired) electrons. The summed E-state index contributed by atoms with van der Waals surface area (Å²) in [4.78, 5) is 23.9. The molecule has 1 saturated heterocycles. The summed E-state index contributed by atoms with van der Waals surface area (Å²) in [6.45, 7) is 3.25. The predicted molar refractivity (Wildman–Crippen MR) is 66.8 cm³/mol. The highest BCUT2D eigenvalue weighted by Gasteiger charge is 2.58. The van der Waals surface area contributed by atoms with Crippen LogP contribution in [0.5, 0.6) is 0 Å². The van der Waals surface area contributed by atoms with Crippen molar-refractivity contribution in [3.8, 4) is 0 Å². The molecule has 1 aliphatic rings. The van der Waals surface area contributed by atoms with Crippen LogP contribution in [0.15, 0.2) is 0 Å². The number of alkyl halides is 3. The van der Waals surface area contributed by atoms with Gasteiger partial charge in [-0.25, -0.2) is 9.59 Å². The molecule has 1 unspecified atom stereocenters. The zero-order valence-corrected chi connectivity index (χ0v) is 11.9. The SMILES string of the molecule is CCOC1CCN(C(=O)NC(C)(C(=O)O)C(F)(F)F)CC1. The lowest BCUT2D eigenvalue weighted by atomic mass is 10.0. The second-order valence-electron chi connectivity index (χ2n) is 5.00. The Bertz CT molecular complexity index is 394. The Morgan fingerprint density at radius 2 is 1.86 bits per heavy atom. The number of halogens is 3. The fraction of sp³-hybridized carbons (Fsp3) is 0.833. The van der Waals surface area contributed by atoms with Crippen molar-refractivity contribution in [2.75, 3.05) is 19.7 Å². The molecule has 1 fully saturated rings. The molecule has 2 N–H and O–H groups in total. The van der Waals surface area contributed by atoms with Gasteiger partial charge in [0.1, 0.15) is 0 Å². The van der Waals surface area contributed by atoms with Crippen LogP contribution in [-0.2, 0) is 9.53 Å². The minimum absolute atomic E-state index is 0.0208. The van der Waals surface area contributed by atoms with Crippen LogP contribution in [0.2, 0.25) is 0 Å². The number of nitrogens with zero attached hydrogens (tertiary/aromatic N) is 1. The average molecular weight is 312 g/mol. The Labute approximate surface area is 120 Å². The third kappa shape index (κ3) is 3.99. The van der Waals surface area contributed by atoms with E-state index in [0.717, 1.165) is 0 Å². The number of hydrogen-bond donors (Lipinski definition) is 2. The third-order valence-electron chi connectivity index (χ3n) is 3.48. The van der Waals surface area contributed by atoms with Gasteiger partial charge in [-0.15, -0.1) is 0 Å². The van der Waals surface area contributed by atoms with Crippen LogP contribution in [0.3, 0.4) is 0 Å². The van der Waals surface area contributed by atoms with Crippen LogP contribution in [0.1, 0.15) is 26.7 Å². The van der Waals surface area contributed by atoms with E-state index in [9.17, 15) is 22.8 Å². The molecule has 122 valence electrons. The van der Waals surface area contributed by atoms with Gasteiger partial charge < -0.3 is 20.1 Å². The minimum atomic E-state index is -5.09. The van der Waals surface area contributed by atoms with Gasteiger partial charge in [0.15, 0.2) is 0 Å². The number of carboxylic acids is 1. The van der Waals surface area contributed by atoms with Crippen molar-refractivity contribution >= 4 is 12.0 Å². The number of piperidine rings is 1. The number of hydrogen-bond acceptors (Lipinski definition) is 3. The monoisotopic (exact) mass is 312 g/mol. The Kier molecular flexibility index (Phi) is 5.43. The fourth-order valence-corrected chi connectivity index (χ4v) is 2.00. The number of urea groups is 1. The van der Waals surface area contributed by atoms with E-state index in [0.29, 0.717) is 26.4 Å². The van der Waals surface area contributed by atoms with Crippen LogP contribution in [-0.4, -0.2) is 59.5 Å². The highest BCUT2D eigenvalue weighted by molar-refractivity contribution is 5.86. The van der Waals surface area contributed by atoms with E-state index in [-0.39, 0.29) is 19.2 Å². The van der Waals surface area contributed by atoms with Crippen molar-refractivity contribution in [3.05, 3.63) is 0 Å². The summed E-state index contributed by atoms with van der Waals surface area (Å²) in [6.07, 6.45) is -4.08. The number of likely N-dealkylation sites (tertiary alicyclic amines) is 1. The number of carboxylic acid groups (broad SMARTS) is 1. The summed E-state index contributed by atoms with van der Waals surface area (Å²) in [7, 11) is 0. The van der Waals surface area contributed by atoms with Crippen molar-refractivity contribution < 1.29 is 32.6 Å². The lowest BCUT2D eigenvalue weighted by molar-refractivity contribution is -0.203. The molecule has 9 heteroatoms. The van der Waals surface area contributed by atoms with E-state index in [1.807, 2.05) is 6.92 Å².